The van der Waals surface area contributed by atoms with Gasteiger partial charge in [0.25, 0.3) is 0 Å². The molecule has 0 aliphatic rings. The zero-order chi connectivity index (χ0) is 18.9. The highest BCUT2D eigenvalue weighted by Crippen LogP contribution is 2.11. The van der Waals surface area contributed by atoms with Crippen LogP contribution >= 0.6 is 24.0 Å². The summed E-state index contributed by atoms with van der Waals surface area (Å²) in [6.07, 6.45) is 1.94. The average Bonchev–Trinajstić information content (AvgIpc) is 2.98. The smallest absolute Gasteiger partial charge is 0.191 e. The van der Waals surface area contributed by atoms with Crippen LogP contribution in [0.15, 0.2) is 29.3 Å². The molecule has 27 heavy (non-hydrogen) atoms. The van der Waals surface area contributed by atoms with E-state index in [0.29, 0.717) is 12.6 Å². The van der Waals surface area contributed by atoms with E-state index in [9.17, 15) is 0 Å². The molecule has 0 radical (unpaired) electrons. The summed E-state index contributed by atoms with van der Waals surface area (Å²) in [5, 5.41) is 15.1. The van der Waals surface area contributed by atoms with Gasteiger partial charge in [-0.05, 0) is 44.4 Å². The maximum Gasteiger partial charge on any atom is 0.191 e. The molecule has 2 rings (SSSR count). The van der Waals surface area contributed by atoms with E-state index in [1.54, 1.807) is 7.11 Å². The number of aliphatic imine (C=N–C) groups is 1. The average molecular weight is 486 g/mol. The van der Waals surface area contributed by atoms with Crippen LogP contribution in [0.3, 0.4) is 0 Å². The zero-order valence-corrected chi connectivity index (χ0v) is 19.2. The Morgan fingerprint density at radius 3 is 2.52 bits per heavy atom. The van der Waals surface area contributed by atoms with Gasteiger partial charge in [-0.25, -0.2) is 4.99 Å². The monoisotopic (exact) mass is 486 g/mol. The van der Waals surface area contributed by atoms with Crippen molar-refractivity contribution in [3.8, 4) is 5.75 Å². The van der Waals surface area contributed by atoms with Crippen molar-refractivity contribution in [2.24, 2.45) is 12.0 Å². The highest BCUT2D eigenvalue weighted by molar-refractivity contribution is 14.0. The lowest BCUT2D eigenvalue weighted by atomic mass is 10.1. The van der Waals surface area contributed by atoms with Gasteiger partial charge >= 0.3 is 0 Å². The van der Waals surface area contributed by atoms with Crippen molar-refractivity contribution in [3.05, 3.63) is 41.5 Å². The van der Waals surface area contributed by atoms with Gasteiger partial charge in [-0.2, -0.15) is 0 Å². The third-order valence-electron chi connectivity index (χ3n) is 4.42. The first kappa shape index (κ1) is 23.2. The van der Waals surface area contributed by atoms with Crippen LogP contribution in [-0.2, 0) is 20.0 Å². The van der Waals surface area contributed by atoms with Gasteiger partial charge in [0, 0.05) is 19.6 Å². The van der Waals surface area contributed by atoms with Crippen LogP contribution in [0.4, 0.5) is 0 Å². The molecule has 0 aliphatic heterocycles. The zero-order valence-electron chi connectivity index (χ0n) is 16.8. The predicted octanol–water partition coefficient (Wildman–Crippen LogP) is 2.83. The molecule has 0 amide bonds. The molecule has 1 aromatic heterocycles. The number of ether oxygens (including phenoxy) is 1. The number of hydrogen-bond acceptors (Lipinski definition) is 4. The number of halogens is 1. The van der Waals surface area contributed by atoms with E-state index in [2.05, 4.69) is 51.8 Å². The van der Waals surface area contributed by atoms with Gasteiger partial charge in [0.05, 0.1) is 7.11 Å². The van der Waals surface area contributed by atoms with Crippen molar-refractivity contribution in [3.63, 3.8) is 0 Å². The van der Waals surface area contributed by atoms with E-state index >= 15 is 0 Å². The minimum absolute atomic E-state index is 0. The molecule has 150 valence electrons. The summed E-state index contributed by atoms with van der Waals surface area (Å²) in [5.41, 5.74) is 1.25. The van der Waals surface area contributed by atoms with Crippen molar-refractivity contribution >= 4 is 29.9 Å². The summed E-state index contributed by atoms with van der Waals surface area (Å²) >= 11 is 0. The molecule has 8 heteroatoms. The maximum absolute atomic E-state index is 5.20. The third kappa shape index (κ3) is 7.36. The number of aryl methyl sites for hydroxylation is 1. The lowest BCUT2D eigenvalue weighted by Gasteiger charge is -2.17. The van der Waals surface area contributed by atoms with E-state index < -0.39 is 0 Å². The van der Waals surface area contributed by atoms with Crippen LogP contribution in [-0.4, -0.2) is 40.4 Å². The van der Waals surface area contributed by atoms with Crippen LogP contribution in [0, 0.1) is 6.92 Å². The summed E-state index contributed by atoms with van der Waals surface area (Å²) in [4.78, 5) is 4.67. The second-order valence-electron chi connectivity index (χ2n) is 6.37. The van der Waals surface area contributed by atoms with E-state index in [-0.39, 0.29) is 24.0 Å². The molecule has 1 unspecified atom stereocenters. The molecule has 0 saturated heterocycles. The summed E-state index contributed by atoms with van der Waals surface area (Å²) in [7, 11) is 3.64. The molecule has 7 nitrogen and oxygen atoms in total. The summed E-state index contributed by atoms with van der Waals surface area (Å²) in [6, 6.07) is 8.49. The van der Waals surface area contributed by atoms with Crippen LogP contribution < -0.4 is 15.4 Å². The largest absolute Gasteiger partial charge is 0.497 e. The molecule has 0 saturated carbocycles. The Bertz CT molecular complexity index is 713. The van der Waals surface area contributed by atoms with E-state index in [4.69, 9.17) is 4.74 Å². The SMILES string of the molecule is CCC(C)NC(=NCc1nnc(C)n1C)NCCc1ccc(OC)cc1.I. The number of rotatable bonds is 8. The minimum Gasteiger partial charge on any atom is -0.497 e. The number of hydrogen-bond donors (Lipinski definition) is 2. The fraction of sp³-hybridized carbons (Fsp3) is 0.526. The fourth-order valence-corrected chi connectivity index (χ4v) is 2.34. The molecular formula is C19H31IN6O. The summed E-state index contributed by atoms with van der Waals surface area (Å²) < 4.78 is 7.16. The van der Waals surface area contributed by atoms with Crippen molar-refractivity contribution in [1.29, 1.82) is 0 Å². The highest BCUT2D eigenvalue weighted by atomic mass is 127. The van der Waals surface area contributed by atoms with Crippen LogP contribution in [0.5, 0.6) is 5.75 Å². The first-order valence-corrected chi connectivity index (χ1v) is 9.06. The molecule has 1 aromatic carbocycles. The first-order chi connectivity index (χ1) is 12.5. The number of nitrogens with one attached hydrogen (secondary N) is 2. The van der Waals surface area contributed by atoms with Crippen LogP contribution in [0.1, 0.15) is 37.5 Å². The Morgan fingerprint density at radius 2 is 1.96 bits per heavy atom. The Kier molecular flexibility index (Phi) is 10.1. The molecule has 2 N–H and O–H groups in total. The number of benzene rings is 1. The number of nitrogens with zero attached hydrogens (tertiary/aromatic N) is 4. The van der Waals surface area contributed by atoms with Gasteiger partial charge in [0.1, 0.15) is 18.1 Å². The van der Waals surface area contributed by atoms with Crippen molar-refractivity contribution in [2.45, 2.75) is 46.2 Å². The summed E-state index contributed by atoms with van der Waals surface area (Å²) in [5.74, 6) is 3.41. The lowest BCUT2D eigenvalue weighted by molar-refractivity contribution is 0.414. The van der Waals surface area contributed by atoms with Gasteiger partial charge in [0.15, 0.2) is 11.8 Å². The topological polar surface area (TPSA) is 76.4 Å². The number of methoxy groups -OCH3 is 1. The van der Waals surface area contributed by atoms with Gasteiger partial charge < -0.3 is 19.9 Å². The van der Waals surface area contributed by atoms with E-state index in [1.165, 1.54) is 5.56 Å². The molecule has 2 aromatic rings. The molecular weight excluding hydrogens is 455 g/mol. The van der Waals surface area contributed by atoms with Gasteiger partial charge in [-0.1, -0.05) is 19.1 Å². The Labute approximate surface area is 179 Å². The quantitative estimate of drug-likeness (QED) is 0.341. The van der Waals surface area contributed by atoms with Crippen LogP contribution in [0.2, 0.25) is 0 Å². The molecule has 1 atom stereocenters. The summed E-state index contributed by atoms with van der Waals surface area (Å²) in [6.45, 7) is 7.52. The molecule has 0 aliphatic carbocycles. The molecule has 0 bridgehead atoms. The van der Waals surface area contributed by atoms with Crippen molar-refractivity contribution < 1.29 is 4.74 Å². The van der Waals surface area contributed by atoms with Gasteiger partial charge in [-0.3, -0.25) is 0 Å². The van der Waals surface area contributed by atoms with Gasteiger partial charge in [-0.15, -0.1) is 34.2 Å². The second kappa shape index (κ2) is 11.8. The van der Waals surface area contributed by atoms with E-state index in [1.807, 2.05) is 30.7 Å². The second-order valence-corrected chi connectivity index (χ2v) is 6.37. The fourth-order valence-electron chi connectivity index (χ4n) is 2.34. The Balaban J connectivity index is 0.00000364. The number of aromatic nitrogens is 3. The van der Waals surface area contributed by atoms with Crippen molar-refractivity contribution in [2.75, 3.05) is 13.7 Å². The van der Waals surface area contributed by atoms with E-state index in [0.717, 1.165) is 42.7 Å². The molecule has 0 fully saturated rings. The third-order valence-corrected chi connectivity index (χ3v) is 4.42. The first-order valence-electron chi connectivity index (χ1n) is 9.06. The highest BCUT2D eigenvalue weighted by Gasteiger charge is 2.07. The van der Waals surface area contributed by atoms with Crippen molar-refractivity contribution in [1.82, 2.24) is 25.4 Å². The predicted molar refractivity (Wildman–Crippen MR) is 120 cm³/mol. The lowest BCUT2D eigenvalue weighted by Crippen LogP contribution is -2.42. The molecule has 0 spiro atoms. The Hall–Kier alpha value is -1.84. The number of guanidine groups is 1. The normalized spacial score (nSPS) is 12.3. The Morgan fingerprint density at radius 1 is 1.26 bits per heavy atom. The van der Waals surface area contributed by atoms with Gasteiger partial charge in [0.2, 0.25) is 0 Å². The minimum atomic E-state index is 0. The maximum atomic E-state index is 5.20. The van der Waals surface area contributed by atoms with Crippen LogP contribution in [0.25, 0.3) is 0 Å². The standard InChI is InChI=1S/C19H30N6O.HI/c1-6-14(2)22-19(21-13-18-24-23-15(3)25(18)4)20-12-11-16-7-9-17(26-5)10-8-16;/h7-10,14H,6,11-13H2,1-5H3,(H2,20,21,22);1H. The molecule has 1 heterocycles.